The van der Waals surface area contributed by atoms with Gasteiger partial charge in [-0.25, -0.2) is 8.78 Å². The van der Waals surface area contributed by atoms with Gasteiger partial charge in [-0.3, -0.25) is 4.98 Å². The summed E-state index contributed by atoms with van der Waals surface area (Å²) in [6.45, 7) is 2.37. The van der Waals surface area contributed by atoms with Gasteiger partial charge in [0.1, 0.15) is 6.61 Å². The standard InChI is InChI=1S/C15H16F2N2O/c1-10-3-12(8-19-6-10)9-20-15-13(16)4-11(7-18-2)5-14(15)17/h3-6,8,18H,7,9H2,1-2H3. The number of aromatic nitrogens is 1. The minimum absolute atomic E-state index is 0.0773. The van der Waals surface area contributed by atoms with Crippen molar-refractivity contribution in [2.75, 3.05) is 7.05 Å². The van der Waals surface area contributed by atoms with Crippen molar-refractivity contribution in [3.8, 4) is 5.75 Å². The van der Waals surface area contributed by atoms with Crippen LogP contribution in [0.1, 0.15) is 16.7 Å². The third kappa shape index (κ3) is 3.51. The molecule has 1 aromatic carbocycles. The fourth-order valence-corrected chi connectivity index (χ4v) is 1.91. The van der Waals surface area contributed by atoms with Crippen LogP contribution in [0.2, 0.25) is 0 Å². The van der Waals surface area contributed by atoms with E-state index in [4.69, 9.17) is 4.74 Å². The monoisotopic (exact) mass is 278 g/mol. The number of hydrogen-bond donors (Lipinski definition) is 1. The van der Waals surface area contributed by atoms with Crippen molar-refractivity contribution in [3.63, 3.8) is 0 Å². The van der Waals surface area contributed by atoms with Gasteiger partial charge in [0.15, 0.2) is 17.4 Å². The van der Waals surface area contributed by atoms with Crippen LogP contribution in [0.3, 0.4) is 0 Å². The third-order valence-electron chi connectivity index (χ3n) is 2.75. The molecule has 0 radical (unpaired) electrons. The second-order valence-electron chi connectivity index (χ2n) is 4.58. The van der Waals surface area contributed by atoms with E-state index in [-0.39, 0.29) is 12.4 Å². The summed E-state index contributed by atoms with van der Waals surface area (Å²) < 4.78 is 32.8. The largest absolute Gasteiger partial charge is 0.483 e. The van der Waals surface area contributed by atoms with Crippen molar-refractivity contribution in [1.29, 1.82) is 0 Å². The third-order valence-corrected chi connectivity index (χ3v) is 2.75. The molecule has 0 aliphatic carbocycles. The lowest BCUT2D eigenvalue weighted by Gasteiger charge is -2.10. The summed E-state index contributed by atoms with van der Waals surface area (Å²) in [7, 11) is 1.71. The Bertz CT molecular complexity index is 579. The zero-order valence-electron chi connectivity index (χ0n) is 11.4. The highest BCUT2D eigenvalue weighted by atomic mass is 19.1. The Labute approximate surface area is 116 Å². The van der Waals surface area contributed by atoms with E-state index in [2.05, 4.69) is 10.3 Å². The number of pyridine rings is 1. The van der Waals surface area contributed by atoms with Crippen LogP contribution in [0, 0.1) is 18.6 Å². The Morgan fingerprint density at radius 3 is 2.40 bits per heavy atom. The van der Waals surface area contributed by atoms with Crippen LogP contribution in [-0.2, 0) is 13.2 Å². The molecule has 20 heavy (non-hydrogen) atoms. The quantitative estimate of drug-likeness (QED) is 0.913. The van der Waals surface area contributed by atoms with E-state index < -0.39 is 11.6 Å². The molecule has 0 aliphatic rings. The summed E-state index contributed by atoms with van der Waals surface area (Å²) in [5.41, 5.74) is 2.27. The van der Waals surface area contributed by atoms with Crippen LogP contribution in [0.25, 0.3) is 0 Å². The van der Waals surface area contributed by atoms with Crippen molar-refractivity contribution in [1.82, 2.24) is 10.3 Å². The summed E-state index contributed by atoms with van der Waals surface area (Å²) in [6.07, 6.45) is 3.31. The highest BCUT2D eigenvalue weighted by Crippen LogP contribution is 2.24. The van der Waals surface area contributed by atoms with Gasteiger partial charge in [-0.1, -0.05) is 0 Å². The number of rotatable bonds is 5. The van der Waals surface area contributed by atoms with Gasteiger partial charge in [0.25, 0.3) is 0 Å². The number of ether oxygens (including phenoxy) is 1. The molecule has 0 amide bonds. The Balaban J connectivity index is 2.13. The molecule has 0 bridgehead atoms. The van der Waals surface area contributed by atoms with Gasteiger partial charge in [0.2, 0.25) is 0 Å². The first kappa shape index (κ1) is 14.4. The highest BCUT2D eigenvalue weighted by Gasteiger charge is 2.12. The maximum Gasteiger partial charge on any atom is 0.191 e. The van der Waals surface area contributed by atoms with Crippen LogP contribution in [0.5, 0.6) is 5.75 Å². The van der Waals surface area contributed by atoms with E-state index in [0.29, 0.717) is 12.1 Å². The fourth-order valence-electron chi connectivity index (χ4n) is 1.91. The van der Waals surface area contributed by atoms with Crippen LogP contribution >= 0.6 is 0 Å². The lowest BCUT2D eigenvalue weighted by atomic mass is 10.2. The minimum Gasteiger partial charge on any atom is -0.483 e. The van der Waals surface area contributed by atoms with Gasteiger partial charge < -0.3 is 10.1 Å². The van der Waals surface area contributed by atoms with E-state index in [0.717, 1.165) is 11.1 Å². The topological polar surface area (TPSA) is 34.1 Å². The maximum atomic E-state index is 13.8. The predicted molar refractivity (Wildman–Crippen MR) is 72.4 cm³/mol. The van der Waals surface area contributed by atoms with Gasteiger partial charge in [-0.15, -0.1) is 0 Å². The maximum absolute atomic E-state index is 13.8. The molecule has 0 spiro atoms. The number of hydrogen-bond acceptors (Lipinski definition) is 3. The molecule has 0 saturated carbocycles. The zero-order chi connectivity index (χ0) is 14.5. The molecule has 0 saturated heterocycles. The number of nitrogens with zero attached hydrogens (tertiary/aromatic N) is 1. The van der Waals surface area contributed by atoms with Crippen molar-refractivity contribution in [3.05, 3.63) is 58.9 Å². The average molecular weight is 278 g/mol. The molecular weight excluding hydrogens is 262 g/mol. The Morgan fingerprint density at radius 2 is 1.80 bits per heavy atom. The van der Waals surface area contributed by atoms with Crippen LogP contribution in [-0.4, -0.2) is 12.0 Å². The zero-order valence-corrected chi connectivity index (χ0v) is 11.4. The molecule has 0 fully saturated rings. The van der Waals surface area contributed by atoms with E-state index in [1.165, 1.54) is 12.1 Å². The van der Waals surface area contributed by atoms with Crippen LogP contribution < -0.4 is 10.1 Å². The summed E-state index contributed by atoms with van der Waals surface area (Å²) in [4.78, 5) is 4.00. The molecule has 1 aromatic heterocycles. The molecule has 0 unspecified atom stereocenters. The minimum atomic E-state index is -0.698. The van der Waals surface area contributed by atoms with E-state index >= 15 is 0 Å². The first-order valence-corrected chi connectivity index (χ1v) is 6.26. The number of nitrogens with one attached hydrogen (secondary N) is 1. The molecular formula is C15H16F2N2O. The smallest absolute Gasteiger partial charge is 0.191 e. The first-order chi connectivity index (χ1) is 9.60. The highest BCUT2D eigenvalue weighted by molar-refractivity contribution is 5.31. The number of aryl methyl sites for hydroxylation is 1. The second kappa shape index (κ2) is 6.43. The molecule has 3 nitrogen and oxygen atoms in total. The fraction of sp³-hybridized carbons (Fsp3) is 0.267. The van der Waals surface area contributed by atoms with Gasteiger partial charge in [0, 0.05) is 24.5 Å². The number of benzene rings is 1. The first-order valence-electron chi connectivity index (χ1n) is 6.26. The van der Waals surface area contributed by atoms with Crippen LogP contribution in [0.15, 0.2) is 30.6 Å². The van der Waals surface area contributed by atoms with Crippen molar-refractivity contribution in [2.24, 2.45) is 0 Å². The Morgan fingerprint density at radius 1 is 1.10 bits per heavy atom. The van der Waals surface area contributed by atoms with E-state index in [1.54, 1.807) is 19.4 Å². The molecule has 2 rings (SSSR count). The van der Waals surface area contributed by atoms with E-state index in [1.807, 2.05) is 13.0 Å². The molecule has 1 heterocycles. The molecule has 0 atom stereocenters. The predicted octanol–water partition coefficient (Wildman–Crippen LogP) is 2.97. The van der Waals surface area contributed by atoms with Crippen molar-refractivity contribution < 1.29 is 13.5 Å². The molecule has 5 heteroatoms. The van der Waals surface area contributed by atoms with Gasteiger partial charge >= 0.3 is 0 Å². The average Bonchev–Trinajstić information content (AvgIpc) is 2.38. The Hall–Kier alpha value is -2.01. The lowest BCUT2D eigenvalue weighted by Crippen LogP contribution is -2.07. The number of halogens is 2. The second-order valence-corrected chi connectivity index (χ2v) is 4.58. The van der Waals surface area contributed by atoms with Crippen LogP contribution in [0.4, 0.5) is 8.78 Å². The lowest BCUT2D eigenvalue weighted by molar-refractivity contribution is 0.273. The summed E-state index contributed by atoms with van der Waals surface area (Å²) >= 11 is 0. The van der Waals surface area contributed by atoms with Gasteiger partial charge in [-0.2, -0.15) is 0 Å². The molecule has 106 valence electrons. The van der Waals surface area contributed by atoms with Crippen molar-refractivity contribution >= 4 is 0 Å². The molecule has 0 aliphatic heterocycles. The molecule has 1 N–H and O–H groups in total. The summed E-state index contributed by atoms with van der Waals surface area (Å²) in [5, 5.41) is 2.84. The summed E-state index contributed by atoms with van der Waals surface area (Å²) in [6, 6.07) is 4.39. The molecule has 2 aromatic rings. The Kier molecular flexibility index (Phi) is 4.63. The SMILES string of the molecule is CNCc1cc(F)c(OCc2cncc(C)c2)c(F)c1. The van der Waals surface area contributed by atoms with E-state index in [9.17, 15) is 8.78 Å². The summed E-state index contributed by atoms with van der Waals surface area (Å²) in [5.74, 6) is -1.75. The van der Waals surface area contributed by atoms with Gasteiger partial charge in [0.05, 0.1) is 0 Å². The van der Waals surface area contributed by atoms with Crippen molar-refractivity contribution in [2.45, 2.75) is 20.1 Å². The van der Waals surface area contributed by atoms with Gasteiger partial charge in [-0.05, 0) is 43.3 Å². The normalized spacial score (nSPS) is 10.6.